The van der Waals surface area contributed by atoms with Crippen molar-refractivity contribution in [2.45, 2.75) is 38.8 Å². The quantitative estimate of drug-likeness (QED) is 0.472. The Balaban J connectivity index is 3.51. The van der Waals surface area contributed by atoms with Crippen molar-refractivity contribution in [3.05, 3.63) is 16.1 Å². The molecule has 0 saturated heterocycles. The molecule has 1 aromatic rings. The van der Waals surface area contributed by atoms with Gasteiger partial charge < -0.3 is 16.6 Å². The largest absolute Gasteiger partial charge is 0.475 e. The molecule has 122 valence electrons. The van der Waals surface area contributed by atoms with E-state index in [1.165, 1.54) is 4.57 Å². The fourth-order valence-electron chi connectivity index (χ4n) is 1.64. The first-order valence-corrected chi connectivity index (χ1v) is 6.95. The van der Waals surface area contributed by atoms with Crippen molar-refractivity contribution in [1.29, 1.82) is 5.41 Å². The maximum absolute atomic E-state index is 11.3. The molecule has 0 aliphatic rings. The van der Waals surface area contributed by atoms with Gasteiger partial charge in [-0.15, -0.1) is 0 Å². The van der Waals surface area contributed by atoms with Crippen molar-refractivity contribution in [2.24, 2.45) is 16.5 Å². The molecule has 0 aliphatic heterocycles. The van der Waals surface area contributed by atoms with Crippen LogP contribution in [0, 0.1) is 5.41 Å². The molecule has 10 heteroatoms. The number of nitrogens with one attached hydrogen (secondary N) is 1. The summed E-state index contributed by atoms with van der Waals surface area (Å²) in [6, 6.07) is 0. The fourth-order valence-corrected chi connectivity index (χ4v) is 2.14. The molecule has 0 unspecified atom stereocenters. The SMILES string of the molecule is CC(C)(N=C(N)C(C)(C)n1c(C(=O)O)nc(Cl)c1Cl)C(=N)N. The number of hydrogen-bond donors (Lipinski definition) is 4. The Labute approximate surface area is 137 Å². The molecule has 0 spiro atoms. The van der Waals surface area contributed by atoms with Gasteiger partial charge in [-0.2, -0.15) is 0 Å². The summed E-state index contributed by atoms with van der Waals surface area (Å²) >= 11 is 11.9. The molecule has 0 aliphatic carbocycles. The summed E-state index contributed by atoms with van der Waals surface area (Å²) in [5.74, 6) is -1.81. The molecule has 0 aromatic carbocycles. The van der Waals surface area contributed by atoms with E-state index < -0.39 is 17.0 Å². The monoisotopic (exact) mass is 348 g/mol. The molecule has 0 radical (unpaired) electrons. The highest BCUT2D eigenvalue weighted by molar-refractivity contribution is 6.41. The molecule has 0 amide bonds. The zero-order valence-corrected chi connectivity index (χ0v) is 14.1. The van der Waals surface area contributed by atoms with Crippen LogP contribution in [-0.4, -0.2) is 37.8 Å². The average molecular weight is 349 g/mol. The van der Waals surface area contributed by atoms with Crippen molar-refractivity contribution < 1.29 is 9.90 Å². The third kappa shape index (κ3) is 3.17. The van der Waals surface area contributed by atoms with E-state index in [0.29, 0.717) is 0 Å². The van der Waals surface area contributed by atoms with E-state index >= 15 is 0 Å². The average Bonchev–Trinajstić information content (AvgIpc) is 2.65. The van der Waals surface area contributed by atoms with Gasteiger partial charge in [-0.3, -0.25) is 15.0 Å². The lowest BCUT2D eigenvalue weighted by Gasteiger charge is -2.30. The maximum atomic E-state index is 11.3. The van der Waals surface area contributed by atoms with Crippen LogP contribution in [0.25, 0.3) is 0 Å². The van der Waals surface area contributed by atoms with Gasteiger partial charge in [0.05, 0.1) is 5.54 Å². The number of hydrogen-bond acceptors (Lipinski definition) is 4. The number of rotatable bonds is 5. The molecule has 0 bridgehead atoms. The van der Waals surface area contributed by atoms with Gasteiger partial charge >= 0.3 is 5.97 Å². The summed E-state index contributed by atoms with van der Waals surface area (Å²) in [5.41, 5.74) is 9.30. The number of carboxylic acids is 1. The summed E-state index contributed by atoms with van der Waals surface area (Å²) in [6.07, 6.45) is 0. The van der Waals surface area contributed by atoms with Crippen molar-refractivity contribution in [2.75, 3.05) is 0 Å². The molecular formula is C12H18Cl2N6O2. The van der Waals surface area contributed by atoms with Gasteiger partial charge in [0.25, 0.3) is 0 Å². The highest BCUT2D eigenvalue weighted by Gasteiger charge is 2.35. The van der Waals surface area contributed by atoms with Crippen molar-refractivity contribution in [3.8, 4) is 0 Å². The van der Waals surface area contributed by atoms with Crippen LogP contribution < -0.4 is 11.5 Å². The van der Waals surface area contributed by atoms with Crippen LogP contribution in [0.2, 0.25) is 10.3 Å². The standard InChI is InChI=1S/C12H18Cl2N6O2/c1-11(2,9(15)16)19-10(17)12(3,4)20-6(14)5(13)18-7(20)8(21)22/h1-4H3,(H3,15,16)(H2,17,19)(H,21,22). The Bertz CT molecular complexity index is 663. The predicted octanol–water partition coefficient (Wildman–Crippen LogP) is 1.69. The van der Waals surface area contributed by atoms with Crippen molar-refractivity contribution in [1.82, 2.24) is 9.55 Å². The highest BCUT2D eigenvalue weighted by atomic mass is 35.5. The Morgan fingerprint density at radius 2 is 1.82 bits per heavy atom. The number of aromatic nitrogens is 2. The first-order chi connectivity index (χ1) is 9.82. The lowest BCUT2D eigenvalue weighted by molar-refractivity contribution is 0.0674. The zero-order valence-electron chi connectivity index (χ0n) is 12.6. The van der Waals surface area contributed by atoms with E-state index in [0.717, 1.165) is 0 Å². The van der Waals surface area contributed by atoms with Crippen LogP contribution in [0.15, 0.2) is 4.99 Å². The van der Waals surface area contributed by atoms with Gasteiger partial charge in [0.1, 0.15) is 22.4 Å². The Morgan fingerprint density at radius 3 is 2.23 bits per heavy atom. The third-order valence-corrected chi connectivity index (χ3v) is 3.93. The lowest BCUT2D eigenvalue weighted by Crippen LogP contribution is -2.46. The summed E-state index contributed by atoms with van der Waals surface area (Å²) < 4.78 is 1.17. The van der Waals surface area contributed by atoms with E-state index in [2.05, 4.69) is 9.98 Å². The summed E-state index contributed by atoms with van der Waals surface area (Å²) in [7, 11) is 0. The number of carboxylic acid groups (broad SMARTS) is 1. The van der Waals surface area contributed by atoms with Gasteiger partial charge in [0.15, 0.2) is 5.15 Å². The number of aromatic carboxylic acids is 1. The van der Waals surface area contributed by atoms with E-state index in [1.54, 1.807) is 27.7 Å². The normalized spacial score (nSPS) is 13.3. The van der Waals surface area contributed by atoms with Crippen LogP contribution in [-0.2, 0) is 5.54 Å². The van der Waals surface area contributed by atoms with E-state index in [-0.39, 0.29) is 27.8 Å². The topological polar surface area (TPSA) is 143 Å². The smallest absolute Gasteiger partial charge is 0.372 e. The minimum absolute atomic E-state index is 0.0335. The summed E-state index contributed by atoms with van der Waals surface area (Å²) in [5, 5.41) is 16.5. The lowest BCUT2D eigenvalue weighted by atomic mass is 10.0. The van der Waals surface area contributed by atoms with E-state index in [9.17, 15) is 9.90 Å². The second kappa shape index (κ2) is 5.77. The third-order valence-electron chi connectivity index (χ3n) is 3.22. The van der Waals surface area contributed by atoms with Crippen LogP contribution in [0.3, 0.4) is 0 Å². The van der Waals surface area contributed by atoms with E-state index in [1.807, 2.05) is 0 Å². The van der Waals surface area contributed by atoms with Crippen molar-refractivity contribution in [3.63, 3.8) is 0 Å². The van der Waals surface area contributed by atoms with Gasteiger partial charge in [0.2, 0.25) is 5.82 Å². The molecule has 1 aromatic heterocycles. The number of amidine groups is 2. The molecule has 1 heterocycles. The van der Waals surface area contributed by atoms with Crippen LogP contribution in [0.1, 0.15) is 38.3 Å². The highest BCUT2D eigenvalue weighted by Crippen LogP contribution is 2.30. The van der Waals surface area contributed by atoms with Gasteiger partial charge in [-0.25, -0.2) is 9.78 Å². The minimum atomic E-state index is -1.31. The Kier molecular flexibility index (Phi) is 4.79. The molecule has 0 saturated carbocycles. The maximum Gasteiger partial charge on any atom is 0.372 e. The fraction of sp³-hybridized carbons (Fsp3) is 0.500. The minimum Gasteiger partial charge on any atom is -0.475 e. The summed E-state index contributed by atoms with van der Waals surface area (Å²) in [6.45, 7) is 6.44. The molecular weight excluding hydrogens is 331 g/mol. The first-order valence-electron chi connectivity index (χ1n) is 6.20. The number of nitrogens with zero attached hydrogens (tertiary/aromatic N) is 3. The zero-order chi connectivity index (χ0) is 17.5. The van der Waals surface area contributed by atoms with Crippen LogP contribution in [0.5, 0.6) is 0 Å². The number of carbonyl (C=O) groups is 1. The van der Waals surface area contributed by atoms with Crippen LogP contribution >= 0.6 is 23.2 Å². The van der Waals surface area contributed by atoms with E-state index in [4.69, 9.17) is 40.1 Å². The molecule has 0 atom stereocenters. The van der Waals surface area contributed by atoms with Gasteiger partial charge in [-0.1, -0.05) is 23.2 Å². The molecule has 6 N–H and O–H groups in total. The van der Waals surface area contributed by atoms with Gasteiger partial charge in [0, 0.05) is 0 Å². The second-order valence-electron chi connectivity index (χ2n) is 5.69. The Morgan fingerprint density at radius 1 is 1.32 bits per heavy atom. The number of halogens is 2. The number of imidazole rings is 1. The molecule has 8 nitrogen and oxygen atoms in total. The van der Waals surface area contributed by atoms with Crippen LogP contribution in [0.4, 0.5) is 0 Å². The molecule has 22 heavy (non-hydrogen) atoms. The number of aliphatic imine (C=N–C) groups is 1. The second-order valence-corrected chi connectivity index (χ2v) is 6.40. The summed E-state index contributed by atoms with van der Waals surface area (Å²) in [4.78, 5) is 19.2. The first kappa shape index (κ1) is 18.2. The Hall–Kier alpha value is -1.80. The number of nitrogens with two attached hydrogens (primary N) is 2. The van der Waals surface area contributed by atoms with Gasteiger partial charge in [-0.05, 0) is 27.7 Å². The predicted molar refractivity (Wildman–Crippen MR) is 86.1 cm³/mol. The van der Waals surface area contributed by atoms with Crippen molar-refractivity contribution >= 4 is 40.8 Å². The molecule has 1 rings (SSSR count). The molecule has 0 fully saturated rings.